The largest absolute Gasteiger partial charge is 0.510 e. The Morgan fingerprint density at radius 2 is 1.64 bits per heavy atom. The predicted molar refractivity (Wildman–Crippen MR) is 178 cm³/mol. The molecule has 5 heterocycles. The zero-order valence-electron chi connectivity index (χ0n) is 26.3. The first-order valence-corrected chi connectivity index (χ1v) is 14.5. The van der Waals surface area contributed by atoms with Gasteiger partial charge in [0.1, 0.15) is 11.7 Å². The molecular weight excluding hydrogens is 600 g/mol. The molecule has 47 heavy (non-hydrogen) atoms. The third-order valence-corrected chi connectivity index (χ3v) is 8.70. The quantitative estimate of drug-likeness (QED) is 0.317. The summed E-state index contributed by atoms with van der Waals surface area (Å²) in [5.74, 6) is -4.01. The molecule has 1 atom stereocenters. The van der Waals surface area contributed by atoms with Gasteiger partial charge in [0.15, 0.2) is 0 Å². The van der Waals surface area contributed by atoms with Crippen molar-refractivity contribution in [3.63, 3.8) is 0 Å². The van der Waals surface area contributed by atoms with Crippen LogP contribution in [0.5, 0.6) is 0 Å². The third kappa shape index (κ3) is 4.66. The second-order valence-electron chi connectivity index (χ2n) is 11.2. The molecule has 236 valence electrons. The van der Waals surface area contributed by atoms with E-state index in [2.05, 4.69) is 18.1 Å². The minimum atomic E-state index is -1.26. The van der Waals surface area contributed by atoms with Crippen molar-refractivity contribution in [2.75, 3.05) is 14.2 Å². The second-order valence-corrected chi connectivity index (χ2v) is 11.2. The number of aliphatic carboxylic acids is 1. The molecule has 6 rings (SSSR count). The number of ether oxygens (including phenoxy) is 2. The van der Waals surface area contributed by atoms with Crippen molar-refractivity contribution in [1.82, 2.24) is 4.98 Å². The van der Waals surface area contributed by atoms with E-state index in [0.717, 1.165) is 17.2 Å². The minimum Gasteiger partial charge on any atom is -0.510 e. The first-order valence-electron chi connectivity index (χ1n) is 14.5. The Hall–Kier alpha value is -6.10. The fourth-order valence-electron chi connectivity index (χ4n) is 6.34. The lowest BCUT2D eigenvalue weighted by Gasteiger charge is -2.14. The minimum absolute atomic E-state index is 0.246. The number of hydrogen-bond donors (Lipinski definition) is 3. The van der Waals surface area contributed by atoms with Gasteiger partial charge in [-0.1, -0.05) is 25.3 Å². The number of rotatable bonds is 6. The number of methoxy groups -OCH3 is 2. The van der Waals surface area contributed by atoms with Gasteiger partial charge < -0.3 is 24.7 Å². The van der Waals surface area contributed by atoms with Crippen LogP contribution in [-0.4, -0.2) is 64.5 Å². The van der Waals surface area contributed by atoms with E-state index in [0.29, 0.717) is 67.1 Å². The van der Waals surface area contributed by atoms with E-state index in [1.807, 2.05) is 6.92 Å². The van der Waals surface area contributed by atoms with Gasteiger partial charge in [-0.05, 0) is 61.8 Å². The Bertz CT molecular complexity index is 2240. The van der Waals surface area contributed by atoms with Gasteiger partial charge in [-0.2, -0.15) is 0 Å². The number of esters is 2. The van der Waals surface area contributed by atoms with Crippen molar-refractivity contribution < 1.29 is 34.1 Å². The highest BCUT2D eigenvalue weighted by Gasteiger charge is 2.47. The molecule has 3 N–H and O–H groups in total. The first-order chi connectivity index (χ1) is 22.4. The number of carbonyl (C=O) groups excluding carboxylic acids is 2. The highest BCUT2D eigenvalue weighted by Crippen LogP contribution is 2.47. The van der Waals surface area contributed by atoms with Gasteiger partial charge in [-0.3, -0.25) is 4.79 Å². The maximum Gasteiger partial charge on any atom is 0.340 e. The lowest BCUT2D eigenvalue weighted by atomic mass is 9.93. The molecule has 11 heteroatoms. The molecule has 5 aliphatic rings. The summed E-state index contributed by atoms with van der Waals surface area (Å²) in [6, 6.07) is 0. The number of aromatic nitrogens is 1. The van der Waals surface area contributed by atoms with Crippen LogP contribution < -0.4 is 10.7 Å². The molecule has 1 aromatic heterocycles. The molecule has 0 saturated heterocycles. The first kappa shape index (κ1) is 30.9. The smallest absolute Gasteiger partial charge is 0.340 e. The van der Waals surface area contributed by atoms with Crippen LogP contribution in [0.2, 0.25) is 0 Å². The monoisotopic (exact) mass is 630 g/mol. The number of fused-ring (bicyclic) bond motifs is 5. The summed E-state index contributed by atoms with van der Waals surface area (Å²) in [5, 5.41) is 22.0. The normalized spacial score (nSPS) is 19.9. The predicted octanol–water partition coefficient (Wildman–Crippen LogP) is 3.87. The molecular formula is C36H30N4O7. The number of carboxylic acids is 1. The van der Waals surface area contributed by atoms with E-state index in [1.165, 1.54) is 26.4 Å². The summed E-state index contributed by atoms with van der Waals surface area (Å²) in [7, 11) is 2.51. The average Bonchev–Trinajstić information content (AvgIpc) is 3.79. The Kier molecular flexibility index (Phi) is 7.47. The lowest BCUT2D eigenvalue weighted by molar-refractivity contribution is -0.143. The molecule has 8 bridgehead atoms. The number of aromatic amines is 1. The van der Waals surface area contributed by atoms with E-state index >= 15 is 0 Å². The van der Waals surface area contributed by atoms with E-state index < -0.39 is 23.8 Å². The summed E-state index contributed by atoms with van der Waals surface area (Å²) >= 11 is 0. The second kappa shape index (κ2) is 11.4. The molecule has 1 aromatic rings. The fraction of sp³-hybridized carbons (Fsp3) is 0.167. The summed E-state index contributed by atoms with van der Waals surface area (Å²) in [6.45, 7) is 13.3. The zero-order valence-corrected chi connectivity index (χ0v) is 26.3. The Morgan fingerprint density at radius 3 is 2.28 bits per heavy atom. The summed E-state index contributed by atoms with van der Waals surface area (Å²) in [5.41, 5.74) is 7.01. The number of allylic oxidation sites excluding steroid dienone is 9. The van der Waals surface area contributed by atoms with Crippen LogP contribution in [0.1, 0.15) is 36.7 Å². The van der Waals surface area contributed by atoms with Crippen LogP contribution in [-0.2, 0) is 19.1 Å². The van der Waals surface area contributed by atoms with Crippen molar-refractivity contribution in [2.24, 2.45) is 20.9 Å². The zero-order chi connectivity index (χ0) is 33.9. The van der Waals surface area contributed by atoms with E-state index in [9.17, 15) is 24.6 Å². The standard InChI is InChI=1S/C36H30N4O7/c1-8-18-15(3)21-12-22-16(4)20(10-11-27(41)42)32(39-22)30-31(36(45)47-7)34(43)28-17(5)23(40-33(28)30)13-25-19(9-2)29(35(44)46-6)26(38-25)14-24(18)37-21/h8-14,31,38,43H,1-2H2,3-7H3,(H,41,42)/t31-/m1/s1. The highest BCUT2D eigenvalue weighted by molar-refractivity contribution is 6.27. The molecule has 0 amide bonds. The number of aliphatic imine (C=N–C) groups is 3. The number of carboxylic acid groups (broad SMARTS) is 1. The van der Waals surface area contributed by atoms with E-state index in [1.54, 1.807) is 38.2 Å². The molecule has 0 radical (unpaired) electrons. The number of nitrogens with one attached hydrogen (secondary N) is 1. The Balaban J connectivity index is 1.80. The molecule has 0 spiro atoms. The molecule has 1 aliphatic carbocycles. The maximum atomic E-state index is 13.2. The Morgan fingerprint density at radius 1 is 0.894 bits per heavy atom. The molecule has 11 nitrogen and oxygen atoms in total. The van der Waals surface area contributed by atoms with Crippen molar-refractivity contribution in [3.05, 3.63) is 121 Å². The SMILES string of the molecule is C=CC1=C(C)C2=CC3=NC(=C4C5=NC(=C(C)C5=C(O)[C@@H]4C(=O)OC)C=c4[nH]c(c(C(=O)OC)c4C=C)=CC1=N2)C(C=CC(=O)O)=C3C. The molecule has 0 fully saturated rings. The van der Waals surface area contributed by atoms with E-state index in [-0.39, 0.29) is 22.6 Å². The van der Waals surface area contributed by atoms with Gasteiger partial charge in [0.25, 0.3) is 0 Å². The van der Waals surface area contributed by atoms with Gasteiger partial charge >= 0.3 is 17.9 Å². The van der Waals surface area contributed by atoms with Crippen molar-refractivity contribution in [2.45, 2.75) is 20.8 Å². The summed E-state index contributed by atoms with van der Waals surface area (Å²) < 4.78 is 10.2. The number of carbonyl (C=O) groups is 3. The van der Waals surface area contributed by atoms with Crippen molar-refractivity contribution in [1.29, 1.82) is 0 Å². The van der Waals surface area contributed by atoms with Gasteiger partial charge in [0.2, 0.25) is 0 Å². The average molecular weight is 631 g/mol. The number of nitrogens with zero attached hydrogens (tertiary/aromatic N) is 3. The van der Waals surface area contributed by atoms with Crippen LogP contribution in [0.4, 0.5) is 0 Å². The van der Waals surface area contributed by atoms with Gasteiger partial charge in [-0.15, -0.1) is 0 Å². The molecule has 0 unspecified atom stereocenters. The third-order valence-electron chi connectivity index (χ3n) is 8.70. The number of aliphatic hydroxyl groups excluding tert-OH is 1. The van der Waals surface area contributed by atoms with Crippen molar-refractivity contribution >= 4 is 53.3 Å². The molecule has 4 aliphatic heterocycles. The summed E-state index contributed by atoms with van der Waals surface area (Å²) in [6.07, 6.45) is 10.8. The topological polar surface area (TPSA) is 163 Å². The maximum absolute atomic E-state index is 13.2. The van der Waals surface area contributed by atoms with Crippen LogP contribution in [0, 0.1) is 5.92 Å². The fourth-order valence-corrected chi connectivity index (χ4v) is 6.34. The van der Waals surface area contributed by atoms with Crippen molar-refractivity contribution in [3.8, 4) is 0 Å². The summed E-state index contributed by atoms with van der Waals surface area (Å²) in [4.78, 5) is 55.9. The molecule has 0 aromatic carbocycles. The van der Waals surface area contributed by atoms with Crippen LogP contribution in [0.25, 0.3) is 18.2 Å². The Labute approximate surface area is 269 Å². The van der Waals surface area contributed by atoms with E-state index in [4.69, 9.17) is 24.5 Å². The van der Waals surface area contributed by atoms with Gasteiger partial charge in [0.05, 0.1) is 59.4 Å². The lowest BCUT2D eigenvalue weighted by Crippen LogP contribution is -2.20. The van der Waals surface area contributed by atoms with Crippen LogP contribution in [0.3, 0.4) is 0 Å². The van der Waals surface area contributed by atoms with Crippen LogP contribution in [0.15, 0.2) is 114 Å². The van der Waals surface area contributed by atoms with Gasteiger partial charge in [-0.25, -0.2) is 24.6 Å². The highest BCUT2D eigenvalue weighted by atomic mass is 16.5. The number of H-pyrrole nitrogens is 1. The number of hydrogen-bond acceptors (Lipinski definition) is 9. The number of aliphatic hydroxyl groups is 1. The van der Waals surface area contributed by atoms with Gasteiger partial charge in [0, 0.05) is 39.3 Å². The van der Waals surface area contributed by atoms with Crippen LogP contribution >= 0.6 is 0 Å². The molecule has 0 saturated carbocycles.